The van der Waals surface area contributed by atoms with Crippen LogP contribution in [-0.4, -0.2) is 35.8 Å². The summed E-state index contributed by atoms with van der Waals surface area (Å²) < 4.78 is 24.3. The zero-order valence-corrected chi connectivity index (χ0v) is 20.7. The number of cyclic esters (lactones) is 1. The Morgan fingerprint density at radius 2 is 2.08 bits per heavy atom. The summed E-state index contributed by atoms with van der Waals surface area (Å²) in [4.78, 5) is 29.2. The van der Waals surface area contributed by atoms with Crippen LogP contribution in [0.5, 0.6) is 0 Å². The van der Waals surface area contributed by atoms with Crippen LogP contribution in [0.15, 0.2) is 48.7 Å². The third-order valence-electron chi connectivity index (χ3n) is 8.18. The van der Waals surface area contributed by atoms with E-state index in [1.165, 1.54) is 12.1 Å². The van der Waals surface area contributed by atoms with Crippen molar-refractivity contribution in [2.24, 2.45) is 29.6 Å². The second-order valence-electron chi connectivity index (χ2n) is 10.3. The molecule has 0 radical (unpaired) electrons. The van der Waals surface area contributed by atoms with Gasteiger partial charge in [0.1, 0.15) is 11.9 Å². The van der Waals surface area contributed by atoms with Crippen molar-refractivity contribution < 1.29 is 23.5 Å². The topological polar surface area (TPSA) is 77.5 Å². The van der Waals surface area contributed by atoms with Gasteiger partial charge in [0.25, 0.3) is 0 Å². The normalized spacial score (nSPS) is 31.4. The van der Waals surface area contributed by atoms with Crippen molar-refractivity contribution in [3.8, 4) is 11.1 Å². The lowest BCUT2D eigenvalue weighted by Gasteiger charge is -2.47. The fraction of sp³-hybridized carbons (Fsp3) is 0.483. The average molecular weight is 493 g/mol. The number of halogens is 1. The van der Waals surface area contributed by atoms with E-state index < -0.39 is 0 Å². The second kappa shape index (κ2) is 10.4. The zero-order valence-electron chi connectivity index (χ0n) is 20.7. The Hall–Kier alpha value is -3.22. The number of ether oxygens (including phenoxy) is 2. The highest BCUT2D eigenvalue weighted by atomic mass is 19.1. The quantitative estimate of drug-likeness (QED) is 0.548. The minimum Gasteiger partial charge on any atom is -0.462 e. The van der Waals surface area contributed by atoms with Gasteiger partial charge in [-0.25, -0.2) is 9.18 Å². The maximum atomic E-state index is 13.6. The SMILES string of the molecule is CCOC(=O)N[C@@H]1CC[C@@H]2[C@H](C1)C[C@@H]1C(=O)O[C@@H](C)[C@@H]1[C@H]2C=Cc1ccc(-c2cccc(F)c2)cn1. The third kappa shape index (κ3) is 5.01. The number of carbonyl (C=O) groups is 2. The Balaban J connectivity index is 1.34. The van der Waals surface area contributed by atoms with Crippen LogP contribution in [0.4, 0.5) is 9.18 Å². The number of alkyl carbamates (subject to hydrolysis) is 1. The van der Waals surface area contributed by atoms with Crippen molar-refractivity contribution in [2.75, 3.05) is 6.61 Å². The van der Waals surface area contributed by atoms with Crippen LogP contribution in [0.2, 0.25) is 0 Å². The summed E-state index contributed by atoms with van der Waals surface area (Å²) in [6.07, 6.45) is 9.07. The number of fused-ring (bicyclic) bond motifs is 2. The van der Waals surface area contributed by atoms with Crippen molar-refractivity contribution in [2.45, 2.75) is 51.7 Å². The molecule has 36 heavy (non-hydrogen) atoms. The van der Waals surface area contributed by atoms with E-state index in [1.807, 2.05) is 31.2 Å². The summed E-state index contributed by atoms with van der Waals surface area (Å²) in [6, 6.07) is 10.4. The first-order chi connectivity index (χ1) is 17.4. The number of amides is 1. The molecule has 1 amide bonds. The number of aromatic nitrogens is 1. The Labute approximate surface area is 211 Å². The molecule has 7 heteroatoms. The lowest BCUT2D eigenvalue weighted by Crippen LogP contribution is -2.48. The number of esters is 1. The van der Waals surface area contributed by atoms with Gasteiger partial charge in [0, 0.05) is 23.7 Å². The van der Waals surface area contributed by atoms with Crippen molar-refractivity contribution in [3.05, 3.63) is 60.2 Å². The predicted molar refractivity (Wildman–Crippen MR) is 134 cm³/mol. The molecule has 2 aromatic rings. The van der Waals surface area contributed by atoms with Gasteiger partial charge in [-0.1, -0.05) is 24.3 Å². The molecule has 5 rings (SSSR count). The highest BCUT2D eigenvalue weighted by Crippen LogP contribution is 2.53. The molecule has 1 saturated heterocycles. The van der Waals surface area contributed by atoms with Gasteiger partial charge in [-0.2, -0.15) is 0 Å². The predicted octanol–water partition coefficient (Wildman–Crippen LogP) is 5.63. The Kier molecular flexibility index (Phi) is 7.08. The summed E-state index contributed by atoms with van der Waals surface area (Å²) in [5, 5.41) is 3.00. The molecule has 1 aromatic carbocycles. The van der Waals surface area contributed by atoms with E-state index in [4.69, 9.17) is 9.47 Å². The second-order valence-corrected chi connectivity index (χ2v) is 10.3. The summed E-state index contributed by atoms with van der Waals surface area (Å²) in [5.41, 5.74) is 2.48. The number of allylic oxidation sites excluding steroid dienone is 1. The summed E-state index contributed by atoms with van der Waals surface area (Å²) >= 11 is 0. The van der Waals surface area contributed by atoms with Gasteiger partial charge in [0.2, 0.25) is 0 Å². The molecule has 0 bridgehead atoms. The molecule has 2 aliphatic carbocycles. The highest BCUT2D eigenvalue weighted by molar-refractivity contribution is 5.75. The first kappa shape index (κ1) is 24.5. The number of hydrogen-bond donors (Lipinski definition) is 1. The Morgan fingerprint density at radius 3 is 2.83 bits per heavy atom. The molecule has 0 unspecified atom stereocenters. The number of benzene rings is 1. The van der Waals surface area contributed by atoms with Gasteiger partial charge in [-0.15, -0.1) is 0 Å². The molecule has 2 saturated carbocycles. The van der Waals surface area contributed by atoms with E-state index in [-0.39, 0.29) is 47.8 Å². The third-order valence-corrected chi connectivity index (χ3v) is 8.18. The Morgan fingerprint density at radius 1 is 1.22 bits per heavy atom. The van der Waals surface area contributed by atoms with Crippen LogP contribution >= 0.6 is 0 Å². The Bertz CT molecular complexity index is 1130. The fourth-order valence-corrected chi connectivity index (χ4v) is 6.64. The number of nitrogens with zero attached hydrogens (tertiary/aromatic N) is 1. The first-order valence-corrected chi connectivity index (χ1v) is 13.0. The molecular weight excluding hydrogens is 459 g/mol. The molecule has 6 nitrogen and oxygen atoms in total. The van der Waals surface area contributed by atoms with Gasteiger partial charge in [-0.05, 0) is 87.1 Å². The standard InChI is InChI=1S/C29H33FN2O4/c1-3-35-29(34)32-23-10-11-24-20(14-23)15-26-27(17(2)36-28(26)33)25(24)12-9-22-8-7-19(16-31-22)18-5-4-6-21(30)13-18/h4-9,12-13,16-17,20,23-27H,3,10-11,14-15H2,1-2H3,(H,32,34)/t17-,20+,23+,24+,25-,26-,27+/m0/s1. The van der Waals surface area contributed by atoms with Crippen molar-refractivity contribution in [3.63, 3.8) is 0 Å². The smallest absolute Gasteiger partial charge is 0.407 e. The number of hydrogen-bond acceptors (Lipinski definition) is 5. The molecular formula is C29H33FN2O4. The van der Waals surface area contributed by atoms with E-state index in [2.05, 4.69) is 16.4 Å². The van der Waals surface area contributed by atoms with Crippen molar-refractivity contribution in [1.29, 1.82) is 0 Å². The molecule has 3 fully saturated rings. The molecule has 2 heterocycles. The van der Waals surface area contributed by atoms with Gasteiger partial charge in [0.15, 0.2) is 0 Å². The van der Waals surface area contributed by atoms with E-state index in [0.29, 0.717) is 18.4 Å². The molecule has 1 aliphatic heterocycles. The van der Waals surface area contributed by atoms with Crippen LogP contribution in [0.25, 0.3) is 17.2 Å². The van der Waals surface area contributed by atoms with E-state index in [0.717, 1.165) is 42.5 Å². The van der Waals surface area contributed by atoms with Crippen LogP contribution < -0.4 is 5.32 Å². The van der Waals surface area contributed by atoms with E-state index >= 15 is 0 Å². The van der Waals surface area contributed by atoms with E-state index in [9.17, 15) is 14.0 Å². The lowest BCUT2D eigenvalue weighted by molar-refractivity contribution is -0.144. The first-order valence-electron chi connectivity index (χ1n) is 13.0. The molecule has 0 spiro atoms. The van der Waals surface area contributed by atoms with Gasteiger partial charge in [0.05, 0.1) is 18.2 Å². The monoisotopic (exact) mass is 492 g/mol. The summed E-state index contributed by atoms with van der Waals surface area (Å²) in [6.45, 7) is 4.15. The zero-order chi connectivity index (χ0) is 25.2. The lowest BCUT2D eigenvalue weighted by atomic mass is 9.57. The minimum absolute atomic E-state index is 0.0679. The molecule has 3 aliphatic rings. The molecule has 190 valence electrons. The van der Waals surface area contributed by atoms with Gasteiger partial charge >= 0.3 is 12.1 Å². The average Bonchev–Trinajstić information content (AvgIpc) is 3.15. The van der Waals surface area contributed by atoms with Crippen LogP contribution in [0.3, 0.4) is 0 Å². The largest absolute Gasteiger partial charge is 0.462 e. The highest BCUT2D eigenvalue weighted by Gasteiger charge is 2.54. The van der Waals surface area contributed by atoms with Crippen LogP contribution in [-0.2, 0) is 14.3 Å². The maximum absolute atomic E-state index is 13.6. The van der Waals surface area contributed by atoms with Crippen molar-refractivity contribution in [1.82, 2.24) is 10.3 Å². The number of nitrogens with one attached hydrogen (secondary N) is 1. The van der Waals surface area contributed by atoms with E-state index in [1.54, 1.807) is 19.2 Å². The fourth-order valence-electron chi connectivity index (χ4n) is 6.64. The maximum Gasteiger partial charge on any atom is 0.407 e. The number of pyridine rings is 1. The molecule has 1 aromatic heterocycles. The summed E-state index contributed by atoms with van der Waals surface area (Å²) in [7, 11) is 0. The number of carbonyl (C=O) groups excluding carboxylic acids is 2. The summed E-state index contributed by atoms with van der Waals surface area (Å²) in [5.74, 6) is 0.629. The van der Waals surface area contributed by atoms with Crippen LogP contribution in [0, 0.1) is 35.4 Å². The van der Waals surface area contributed by atoms with Crippen molar-refractivity contribution >= 4 is 18.1 Å². The number of rotatable bonds is 5. The minimum atomic E-state index is -0.368. The van der Waals surface area contributed by atoms with Gasteiger partial charge < -0.3 is 14.8 Å². The van der Waals surface area contributed by atoms with Gasteiger partial charge in [-0.3, -0.25) is 9.78 Å². The molecule has 1 N–H and O–H groups in total. The molecule has 7 atom stereocenters. The van der Waals surface area contributed by atoms with Crippen LogP contribution in [0.1, 0.15) is 45.2 Å².